The molecular formula is C36H44N2O5. The molecule has 7 nitrogen and oxygen atoms in total. The van der Waals surface area contributed by atoms with E-state index in [4.69, 9.17) is 0 Å². The summed E-state index contributed by atoms with van der Waals surface area (Å²) in [5.74, 6) is -1.55. The van der Waals surface area contributed by atoms with E-state index in [1.165, 1.54) is 43.4 Å². The first-order valence-corrected chi connectivity index (χ1v) is 15.6. The number of rotatable bonds is 15. The molecule has 0 bridgehead atoms. The van der Waals surface area contributed by atoms with E-state index < -0.39 is 12.0 Å². The first kappa shape index (κ1) is 31.8. The Morgan fingerprint density at radius 1 is 0.907 bits per heavy atom. The number of amides is 2. The van der Waals surface area contributed by atoms with Crippen molar-refractivity contribution in [3.05, 3.63) is 101 Å². The van der Waals surface area contributed by atoms with Gasteiger partial charge in [-0.05, 0) is 59.6 Å². The molecule has 43 heavy (non-hydrogen) atoms. The van der Waals surface area contributed by atoms with E-state index in [-0.39, 0.29) is 29.7 Å². The highest BCUT2D eigenvalue weighted by Gasteiger charge is 2.32. The number of aromatic hydroxyl groups is 1. The first-order valence-electron chi connectivity index (χ1n) is 15.6. The van der Waals surface area contributed by atoms with Crippen molar-refractivity contribution in [1.29, 1.82) is 0 Å². The lowest BCUT2D eigenvalue weighted by Crippen LogP contribution is -2.43. The number of unbranched alkanes of at least 4 members (excludes halogenated alkanes) is 2. The Morgan fingerprint density at radius 2 is 1.58 bits per heavy atom. The number of nitrogens with zero attached hydrogens (tertiary/aromatic N) is 1. The summed E-state index contributed by atoms with van der Waals surface area (Å²) < 4.78 is 0. The molecule has 2 amide bonds. The van der Waals surface area contributed by atoms with Gasteiger partial charge in [-0.15, -0.1) is 0 Å². The van der Waals surface area contributed by atoms with E-state index in [1.807, 2.05) is 42.5 Å². The van der Waals surface area contributed by atoms with Gasteiger partial charge in [-0.1, -0.05) is 106 Å². The zero-order valence-electron chi connectivity index (χ0n) is 25.1. The van der Waals surface area contributed by atoms with Gasteiger partial charge in [0.25, 0.3) is 0 Å². The Bertz CT molecular complexity index is 1350. The van der Waals surface area contributed by atoms with Crippen LogP contribution >= 0.6 is 0 Å². The molecular weight excluding hydrogens is 540 g/mol. The Kier molecular flexibility index (Phi) is 11.8. The van der Waals surface area contributed by atoms with Gasteiger partial charge in [0, 0.05) is 19.5 Å². The summed E-state index contributed by atoms with van der Waals surface area (Å²) in [5, 5.41) is 22.7. The molecule has 3 aromatic carbocycles. The van der Waals surface area contributed by atoms with Crippen molar-refractivity contribution in [3.63, 3.8) is 0 Å². The largest absolute Gasteiger partial charge is 0.507 e. The first-order chi connectivity index (χ1) is 20.9. The number of hydrogen-bond acceptors (Lipinski definition) is 4. The molecule has 1 aliphatic rings. The van der Waals surface area contributed by atoms with Crippen molar-refractivity contribution in [2.45, 2.75) is 90.3 Å². The molecule has 1 fully saturated rings. The number of hydrogen-bond donors (Lipinski definition) is 3. The summed E-state index contributed by atoms with van der Waals surface area (Å²) >= 11 is 0. The molecule has 0 saturated heterocycles. The SMILES string of the molecule is CCCCCc1ccc(CNC(=O)C(c2ccccc2)N(Cc2ccc(O)c(C(=O)O)c2)C(=O)CCC2CCCC2)cc1. The van der Waals surface area contributed by atoms with Gasteiger partial charge in [-0.3, -0.25) is 9.59 Å². The Balaban J connectivity index is 1.58. The zero-order chi connectivity index (χ0) is 30.6. The van der Waals surface area contributed by atoms with Gasteiger partial charge in [0.2, 0.25) is 11.8 Å². The van der Waals surface area contributed by atoms with Gasteiger partial charge in [0.15, 0.2) is 0 Å². The predicted molar refractivity (Wildman–Crippen MR) is 168 cm³/mol. The molecule has 228 valence electrons. The Labute approximate surface area is 254 Å². The summed E-state index contributed by atoms with van der Waals surface area (Å²) in [6.07, 6.45) is 10.3. The van der Waals surface area contributed by atoms with E-state index in [9.17, 15) is 24.6 Å². The summed E-state index contributed by atoms with van der Waals surface area (Å²) in [4.78, 5) is 41.1. The maximum atomic E-state index is 13.9. The van der Waals surface area contributed by atoms with Crippen LogP contribution in [0.15, 0.2) is 72.8 Å². The number of carbonyl (C=O) groups is 3. The van der Waals surface area contributed by atoms with Crippen LogP contribution in [0.3, 0.4) is 0 Å². The molecule has 1 aliphatic carbocycles. The van der Waals surface area contributed by atoms with E-state index in [0.29, 0.717) is 30.0 Å². The third-order valence-corrected chi connectivity index (χ3v) is 8.44. The zero-order valence-corrected chi connectivity index (χ0v) is 25.1. The van der Waals surface area contributed by atoms with Crippen molar-refractivity contribution in [2.24, 2.45) is 5.92 Å². The second-order valence-electron chi connectivity index (χ2n) is 11.7. The van der Waals surface area contributed by atoms with Gasteiger partial charge in [-0.25, -0.2) is 4.79 Å². The third kappa shape index (κ3) is 9.18. The van der Waals surface area contributed by atoms with Gasteiger partial charge in [-0.2, -0.15) is 0 Å². The molecule has 7 heteroatoms. The number of nitrogens with one attached hydrogen (secondary N) is 1. The topological polar surface area (TPSA) is 107 Å². The number of aromatic carboxylic acids is 1. The molecule has 0 aromatic heterocycles. The average molecular weight is 585 g/mol. The highest BCUT2D eigenvalue weighted by atomic mass is 16.4. The maximum absolute atomic E-state index is 13.9. The third-order valence-electron chi connectivity index (χ3n) is 8.44. The summed E-state index contributed by atoms with van der Waals surface area (Å²) in [7, 11) is 0. The van der Waals surface area contributed by atoms with Gasteiger partial charge < -0.3 is 20.4 Å². The average Bonchev–Trinajstić information content (AvgIpc) is 3.54. The van der Waals surface area contributed by atoms with E-state index in [1.54, 1.807) is 11.0 Å². The van der Waals surface area contributed by atoms with E-state index >= 15 is 0 Å². The van der Waals surface area contributed by atoms with Crippen LogP contribution in [0.1, 0.15) is 103 Å². The molecule has 0 spiro atoms. The highest BCUT2D eigenvalue weighted by molar-refractivity contribution is 5.91. The molecule has 3 aromatic rings. The lowest BCUT2D eigenvalue weighted by molar-refractivity contribution is -0.142. The predicted octanol–water partition coefficient (Wildman–Crippen LogP) is 7.18. The van der Waals surface area contributed by atoms with E-state index in [0.717, 1.165) is 37.7 Å². The number of carbonyl (C=O) groups excluding carboxylic acids is 2. The summed E-state index contributed by atoms with van der Waals surface area (Å²) in [6, 6.07) is 20.9. The van der Waals surface area contributed by atoms with Crippen LogP contribution in [0, 0.1) is 5.92 Å². The molecule has 1 atom stereocenters. The fraction of sp³-hybridized carbons (Fsp3) is 0.417. The van der Waals surface area contributed by atoms with Gasteiger partial charge >= 0.3 is 5.97 Å². The van der Waals surface area contributed by atoms with Crippen LogP contribution in [0.25, 0.3) is 0 Å². The minimum absolute atomic E-state index is 0.0312. The molecule has 1 saturated carbocycles. The summed E-state index contributed by atoms with van der Waals surface area (Å²) in [5.41, 5.74) is 3.21. The number of aryl methyl sites for hydroxylation is 1. The number of benzene rings is 3. The molecule has 4 rings (SSSR count). The van der Waals surface area contributed by atoms with Crippen molar-refractivity contribution < 1.29 is 24.6 Å². The van der Waals surface area contributed by atoms with Crippen molar-refractivity contribution in [1.82, 2.24) is 10.2 Å². The van der Waals surface area contributed by atoms with Crippen LogP contribution < -0.4 is 5.32 Å². The van der Waals surface area contributed by atoms with Crippen LogP contribution in [-0.4, -0.2) is 32.9 Å². The van der Waals surface area contributed by atoms with E-state index in [2.05, 4.69) is 24.4 Å². The van der Waals surface area contributed by atoms with Crippen LogP contribution in [0.2, 0.25) is 0 Å². The van der Waals surface area contributed by atoms with Crippen LogP contribution in [0.4, 0.5) is 0 Å². The molecule has 0 radical (unpaired) electrons. The fourth-order valence-electron chi connectivity index (χ4n) is 5.94. The molecule has 0 heterocycles. The quantitative estimate of drug-likeness (QED) is 0.164. The highest BCUT2D eigenvalue weighted by Crippen LogP contribution is 2.31. The normalized spacial score (nSPS) is 13.9. The lowest BCUT2D eigenvalue weighted by Gasteiger charge is -2.32. The minimum Gasteiger partial charge on any atom is -0.507 e. The Hall–Kier alpha value is -4.13. The molecule has 1 unspecified atom stereocenters. The number of phenols is 1. The standard InChI is InChI=1S/C36H44N2O5/c1-2-3-5-10-27-15-17-28(18-16-27)24-37-35(41)34(30-13-6-4-7-14-30)38(33(40)22-20-26-11-8-9-12-26)25-29-19-21-32(39)31(23-29)36(42)43/h4,6-7,13-19,21,23,26,34,39H,2-3,5,8-12,20,22,24-25H2,1H3,(H,37,41)(H,42,43). The second-order valence-corrected chi connectivity index (χ2v) is 11.7. The Morgan fingerprint density at radius 3 is 2.26 bits per heavy atom. The monoisotopic (exact) mass is 584 g/mol. The number of carboxylic acids is 1. The van der Waals surface area contributed by atoms with Crippen molar-refractivity contribution in [3.8, 4) is 5.75 Å². The van der Waals surface area contributed by atoms with Crippen LogP contribution in [-0.2, 0) is 29.1 Å². The number of carboxylic acid groups (broad SMARTS) is 1. The summed E-state index contributed by atoms with van der Waals surface area (Å²) in [6.45, 7) is 2.55. The van der Waals surface area contributed by atoms with Gasteiger partial charge in [0.05, 0.1) is 0 Å². The lowest BCUT2D eigenvalue weighted by atomic mass is 9.98. The van der Waals surface area contributed by atoms with Crippen LogP contribution in [0.5, 0.6) is 5.75 Å². The smallest absolute Gasteiger partial charge is 0.339 e. The fourth-order valence-corrected chi connectivity index (χ4v) is 5.94. The van der Waals surface area contributed by atoms with Crippen molar-refractivity contribution >= 4 is 17.8 Å². The van der Waals surface area contributed by atoms with Gasteiger partial charge in [0.1, 0.15) is 17.4 Å². The van der Waals surface area contributed by atoms with Crippen molar-refractivity contribution in [2.75, 3.05) is 0 Å². The maximum Gasteiger partial charge on any atom is 0.339 e. The molecule has 3 N–H and O–H groups in total. The molecule has 0 aliphatic heterocycles. The second kappa shape index (κ2) is 15.9. The minimum atomic E-state index is -1.26.